The Morgan fingerprint density at radius 3 is 2.32 bits per heavy atom. The average molecular weight is 452 g/mol. The first-order valence-electron chi connectivity index (χ1n) is 12.0. The van der Waals surface area contributed by atoms with Gasteiger partial charge in [-0.2, -0.15) is 0 Å². The SMILES string of the molecule is Cc1cc(CC2CCCCC2c2nc(-c3ccccc3)c(-c3ccccc3)o2)cc(C(=O)O)c1. The third kappa shape index (κ3) is 4.67. The molecule has 1 aliphatic carbocycles. The first-order chi connectivity index (χ1) is 16.6. The van der Waals surface area contributed by atoms with Crippen molar-refractivity contribution in [3.63, 3.8) is 0 Å². The van der Waals surface area contributed by atoms with Crippen molar-refractivity contribution >= 4 is 5.97 Å². The number of benzene rings is 3. The molecule has 0 bridgehead atoms. The molecule has 0 saturated heterocycles. The average Bonchev–Trinajstić information content (AvgIpc) is 3.30. The molecule has 2 unspecified atom stereocenters. The van der Waals surface area contributed by atoms with Crippen LogP contribution in [-0.4, -0.2) is 16.1 Å². The predicted molar refractivity (Wildman–Crippen MR) is 134 cm³/mol. The van der Waals surface area contributed by atoms with Crippen molar-refractivity contribution in [1.29, 1.82) is 0 Å². The van der Waals surface area contributed by atoms with E-state index in [4.69, 9.17) is 9.40 Å². The summed E-state index contributed by atoms with van der Waals surface area (Å²) in [7, 11) is 0. The minimum atomic E-state index is -0.877. The highest BCUT2D eigenvalue weighted by Crippen LogP contribution is 2.43. The van der Waals surface area contributed by atoms with Crippen molar-refractivity contribution in [2.24, 2.45) is 5.92 Å². The van der Waals surface area contributed by atoms with Crippen LogP contribution in [0.25, 0.3) is 22.6 Å². The zero-order valence-electron chi connectivity index (χ0n) is 19.4. The highest BCUT2D eigenvalue weighted by Gasteiger charge is 2.32. The number of hydrogen-bond donors (Lipinski definition) is 1. The Labute approximate surface area is 200 Å². The standard InChI is InChI=1S/C30H29NO3/c1-20-16-21(19-25(17-20)30(32)33)18-24-14-8-9-15-26(24)29-31-27(22-10-4-2-5-11-22)28(34-29)23-12-6-3-7-13-23/h2-7,10-13,16-17,19,24,26H,8-9,14-15,18H2,1H3,(H,32,33). The molecule has 3 aromatic carbocycles. The van der Waals surface area contributed by atoms with E-state index in [0.29, 0.717) is 11.5 Å². The number of rotatable bonds is 6. The predicted octanol–water partition coefficient (Wildman–Crippen LogP) is 7.53. The van der Waals surface area contributed by atoms with Crippen LogP contribution in [0.4, 0.5) is 0 Å². The highest BCUT2D eigenvalue weighted by molar-refractivity contribution is 5.88. The van der Waals surface area contributed by atoms with Gasteiger partial charge in [-0.1, -0.05) is 85.1 Å². The van der Waals surface area contributed by atoms with E-state index in [2.05, 4.69) is 30.3 Å². The quantitative estimate of drug-likeness (QED) is 0.329. The number of carbonyl (C=O) groups is 1. The van der Waals surface area contributed by atoms with Gasteiger partial charge in [0.2, 0.25) is 0 Å². The van der Waals surface area contributed by atoms with E-state index in [9.17, 15) is 9.90 Å². The maximum absolute atomic E-state index is 11.6. The third-order valence-electron chi connectivity index (χ3n) is 6.84. The Hall–Kier alpha value is -3.66. The molecule has 0 aliphatic heterocycles. The molecular formula is C30H29NO3. The Bertz CT molecular complexity index is 1220. The fourth-order valence-electron chi connectivity index (χ4n) is 5.26. The number of nitrogens with zero attached hydrogens (tertiary/aromatic N) is 1. The van der Waals surface area contributed by atoms with Gasteiger partial charge in [-0.25, -0.2) is 9.78 Å². The van der Waals surface area contributed by atoms with Crippen LogP contribution in [0.5, 0.6) is 0 Å². The van der Waals surface area contributed by atoms with Crippen LogP contribution in [0, 0.1) is 12.8 Å². The largest absolute Gasteiger partial charge is 0.478 e. The van der Waals surface area contributed by atoms with Crippen molar-refractivity contribution in [2.75, 3.05) is 0 Å². The fourth-order valence-corrected chi connectivity index (χ4v) is 5.26. The van der Waals surface area contributed by atoms with Gasteiger partial charge in [-0.15, -0.1) is 0 Å². The molecule has 0 radical (unpaired) electrons. The van der Waals surface area contributed by atoms with Gasteiger partial charge in [-0.05, 0) is 49.8 Å². The topological polar surface area (TPSA) is 63.3 Å². The molecule has 4 nitrogen and oxygen atoms in total. The first kappa shape index (κ1) is 22.1. The highest BCUT2D eigenvalue weighted by atomic mass is 16.4. The third-order valence-corrected chi connectivity index (χ3v) is 6.84. The Kier molecular flexibility index (Phi) is 6.31. The zero-order valence-corrected chi connectivity index (χ0v) is 19.4. The first-order valence-corrected chi connectivity index (χ1v) is 12.0. The maximum atomic E-state index is 11.6. The molecule has 1 heterocycles. The van der Waals surface area contributed by atoms with Gasteiger partial charge >= 0.3 is 5.97 Å². The van der Waals surface area contributed by atoms with E-state index in [1.807, 2.05) is 49.4 Å². The van der Waals surface area contributed by atoms with Crippen molar-refractivity contribution in [3.8, 4) is 22.6 Å². The lowest BCUT2D eigenvalue weighted by molar-refractivity contribution is 0.0696. The summed E-state index contributed by atoms with van der Waals surface area (Å²) in [6, 6.07) is 26.1. The van der Waals surface area contributed by atoms with E-state index in [1.165, 1.54) is 6.42 Å². The summed E-state index contributed by atoms with van der Waals surface area (Å²) in [5.74, 6) is 1.31. The molecule has 34 heavy (non-hydrogen) atoms. The second kappa shape index (κ2) is 9.68. The van der Waals surface area contributed by atoms with Crippen molar-refractivity contribution in [3.05, 3.63) is 101 Å². The maximum Gasteiger partial charge on any atom is 0.335 e. The van der Waals surface area contributed by atoms with Gasteiger partial charge in [0, 0.05) is 17.0 Å². The number of hydrogen-bond acceptors (Lipinski definition) is 3. The molecule has 1 aliphatic rings. The number of aromatic nitrogens is 1. The number of aromatic carboxylic acids is 1. The lowest BCUT2D eigenvalue weighted by atomic mass is 9.76. The number of carboxylic acids is 1. The molecule has 0 amide bonds. The number of carboxylic acid groups (broad SMARTS) is 1. The van der Waals surface area contributed by atoms with Gasteiger partial charge < -0.3 is 9.52 Å². The molecule has 1 N–H and O–H groups in total. The van der Waals surface area contributed by atoms with Crippen LogP contribution >= 0.6 is 0 Å². The van der Waals surface area contributed by atoms with Gasteiger partial charge in [0.05, 0.1) is 5.56 Å². The Morgan fingerprint density at radius 2 is 1.62 bits per heavy atom. The van der Waals surface area contributed by atoms with Gasteiger partial charge in [0.1, 0.15) is 5.69 Å². The zero-order chi connectivity index (χ0) is 23.5. The van der Waals surface area contributed by atoms with Gasteiger partial charge in [0.15, 0.2) is 11.7 Å². The molecule has 1 saturated carbocycles. The van der Waals surface area contributed by atoms with Crippen LogP contribution in [-0.2, 0) is 6.42 Å². The van der Waals surface area contributed by atoms with Crippen molar-refractivity contribution in [2.45, 2.75) is 44.9 Å². The molecule has 172 valence electrons. The van der Waals surface area contributed by atoms with Crippen LogP contribution < -0.4 is 0 Å². The molecule has 4 aromatic rings. The normalized spacial score (nSPS) is 18.0. The number of aryl methyl sites for hydroxylation is 1. The Morgan fingerprint density at radius 1 is 0.941 bits per heavy atom. The smallest absolute Gasteiger partial charge is 0.335 e. The molecule has 5 rings (SSSR count). The molecule has 0 spiro atoms. The summed E-state index contributed by atoms with van der Waals surface area (Å²) < 4.78 is 6.54. The summed E-state index contributed by atoms with van der Waals surface area (Å²) in [6.45, 7) is 1.96. The lowest BCUT2D eigenvalue weighted by Crippen LogP contribution is -2.20. The van der Waals surface area contributed by atoms with Crippen LogP contribution in [0.3, 0.4) is 0 Å². The van der Waals surface area contributed by atoms with E-state index in [-0.39, 0.29) is 5.92 Å². The van der Waals surface area contributed by atoms with Crippen LogP contribution in [0.15, 0.2) is 83.3 Å². The molecule has 1 aromatic heterocycles. The summed E-state index contributed by atoms with van der Waals surface area (Å²) >= 11 is 0. The van der Waals surface area contributed by atoms with E-state index in [0.717, 1.165) is 65.3 Å². The molecule has 1 fully saturated rings. The van der Waals surface area contributed by atoms with E-state index < -0.39 is 5.97 Å². The van der Waals surface area contributed by atoms with Crippen LogP contribution in [0.1, 0.15) is 59.0 Å². The van der Waals surface area contributed by atoms with Crippen LogP contribution in [0.2, 0.25) is 0 Å². The summed E-state index contributed by atoms with van der Waals surface area (Å²) in [5.41, 5.74) is 5.38. The van der Waals surface area contributed by atoms with E-state index in [1.54, 1.807) is 6.07 Å². The van der Waals surface area contributed by atoms with E-state index >= 15 is 0 Å². The lowest BCUT2D eigenvalue weighted by Gasteiger charge is -2.29. The molecule has 4 heteroatoms. The van der Waals surface area contributed by atoms with Crippen molar-refractivity contribution in [1.82, 2.24) is 4.98 Å². The number of oxazole rings is 1. The summed E-state index contributed by atoms with van der Waals surface area (Å²) in [6.07, 6.45) is 5.28. The molecule has 2 atom stereocenters. The van der Waals surface area contributed by atoms with Gasteiger partial charge in [0.25, 0.3) is 0 Å². The summed E-state index contributed by atoms with van der Waals surface area (Å²) in [5, 5.41) is 9.49. The van der Waals surface area contributed by atoms with Crippen molar-refractivity contribution < 1.29 is 14.3 Å². The summed E-state index contributed by atoms with van der Waals surface area (Å²) in [4.78, 5) is 16.6. The Balaban J connectivity index is 1.52. The second-order valence-corrected chi connectivity index (χ2v) is 9.33. The second-order valence-electron chi connectivity index (χ2n) is 9.33. The molecular weight excluding hydrogens is 422 g/mol. The minimum absolute atomic E-state index is 0.211. The minimum Gasteiger partial charge on any atom is -0.478 e. The fraction of sp³-hybridized carbons (Fsp3) is 0.267. The van der Waals surface area contributed by atoms with Gasteiger partial charge in [-0.3, -0.25) is 0 Å². The monoisotopic (exact) mass is 451 g/mol.